The first-order chi connectivity index (χ1) is 12.1. The zero-order chi connectivity index (χ0) is 17.6. The summed E-state index contributed by atoms with van der Waals surface area (Å²) >= 11 is 0. The maximum atomic E-state index is 12.5. The summed E-state index contributed by atoms with van der Waals surface area (Å²) in [4.78, 5) is 28.8. The molecule has 1 aliphatic carbocycles. The van der Waals surface area contributed by atoms with Gasteiger partial charge < -0.3 is 9.80 Å². The van der Waals surface area contributed by atoms with E-state index in [1.807, 2.05) is 41.0 Å². The molecule has 1 aromatic carbocycles. The van der Waals surface area contributed by atoms with E-state index in [-0.39, 0.29) is 11.8 Å². The Hall–Kier alpha value is -1.84. The Balaban J connectivity index is 1.43. The zero-order valence-electron chi connectivity index (χ0n) is 15.4. The number of nitrogens with zero attached hydrogens (tertiary/aromatic N) is 2. The van der Waals surface area contributed by atoms with E-state index in [4.69, 9.17) is 0 Å². The third kappa shape index (κ3) is 4.83. The first kappa shape index (κ1) is 18.0. The Morgan fingerprint density at radius 1 is 0.920 bits per heavy atom. The summed E-state index contributed by atoms with van der Waals surface area (Å²) in [5.74, 6) is 1.10. The van der Waals surface area contributed by atoms with E-state index in [2.05, 4.69) is 0 Å². The monoisotopic (exact) mass is 342 g/mol. The normalized spacial score (nSPS) is 19.1. The fraction of sp³-hybridized carbons (Fsp3) is 0.619. The molecular weight excluding hydrogens is 312 g/mol. The third-order valence-corrected chi connectivity index (χ3v) is 5.71. The van der Waals surface area contributed by atoms with Gasteiger partial charge in [0.2, 0.25) is 5.91 Å². The van der Waals surface area contributed by atoms with Crippen molar-refractivity contribution in [2.45, 2.75) is 51.9 Å². The van der Waals surface area contributed by atoms with Crippen LogP contribution in [0.5, 0.6) is 0 Å². The molecule has 136 valence electrons. The molecular formula is C21H30N2O2. The maximum absolute atomic E-state index is 12.5. The van der Waals surface area contributed by atoms with Crippen molar-refractivity contribution in [1.29, 1.82) is 0 Å². The Morgan fingerprint density at radius 3 is 2.16 bits per heavy atom. The first-order valence-corrected chi connectivity index (χ1v) is 9.77. The highest BCUT2D eigenvalue weighted by Gasteiger charge is 2.25. The number of amides is 2. The average molecular weight is 342 g/mol. The van der Waals surface area contributed by atoms with Gasteiger partial charge in [0.25, 0.3) is 5.91 Å². The standard InChI is InChI=1S/C21H30N2O2/c1-17-7-10-19(11-8-17)21(25)23-15-13-22(14-16-23)20(24)12-9-18-5-3-2-4-6-18/h7-8,10-11,18H,2-6,9,12-16H2,1H3. The molecule has 0 aromatic heterocycles. The number of hydrogen-bond acceptors (Lipinski definition) is 2. The molecule has 1 aromatic rings. The van der Waals surface area contributed by atoms with Gasteiger partial charge in [0.1, 0.15) is 0 Å². The van der Waals surface area contributed by atoms with Gasteiger partial charge in [-0.3, -0.25) is 9.59 Å². The van der Waals surface area contributed by atoms with Crippen molar-refractivity contribution in [3.8, 4) is 0 Å². The maximum Gasteiger partial charge on any atom is 0.253 e. The predicted octanol–water partition coefficient (Wildman–Crippen LogP) is 3.64. The number of hydrogen-bond donors (Lipinski definition) is 0. The van der Waals surface area contributed by atoms with Crippen LogP contribution >= 0.6 is 0 Å². The van der Waals surface area contributed by atoms with Crippen molar-refractivity contribution < 1.29 is 9.59 Å². The lowest BCUT2D eigenvalue weighted by Gasteiger charge is -2.35. The molecule has 0 bridgehead atoms. The van der Waals surface area contributed by atoms with Crippen LogP contribution in [-0.2, 0) is 4.79 Å². The van der Waals surface area contributed by atoms with Gasteiger partial charge in [-0.2, -0.15) is 0 Å². The van der Waals surface area contributed by atoms with Gasteiger partial charge >= 0.3 is 0 Å². The molecule has 0 N–H and O–H groups in total. The highest BCUT2D eigenvalue weighted by atomic mass is 16.2. The number of carbonyl (C=O) groups is 2. The van der Waals surface area contributed by atoms with Crippen molar-refractivity contribution in [2.24, 2.45) is 5.92 Å². The fourth-order valence-corrected chi connectivity index (χ4v) is 4.00. The van der Waals surface area contributed by atoms with Crippen LogP contribution in [0.3, 0.4) is 0 Å². The quantitative estimate of drug-likeness (QED) is 0.838. The molecule has 0 unspecified atom stereocenters. The van der Waals surface area contributed by atoms with Crippen LogP contribution in [0.25, 0.3) is 0 Å². The lowest BCUT2D eigenvalue weighted by atomic mass is 9.86. The van der Waals surface area contributed by atoms with E-state index in [0.717, 1.165) is 23.5 Å². The molecule has 2 fully saturated rings. The number of rotatable bonds is 4. The van der Waals surface area contributed by atoms with Crippen molar-refractivity contribution in [3.63, 3.8) is 0 Å². The number of carbonyl (C=O) groups excluding carboxylic acids is 2. The smallest absolute Gasteiger partial charge is 0.253 e. The molecule has 1 saturated heterocycles. The van der Waals surface area contributed by atoms with Gasteiger partial charge in [0.15, 0.2) is 0 Å². The zero-order valence-corrected chi connectivity index (χ0v) is 15.4. The third-order valence-electron chi connectivity index (χ3n) is 5.71. The minimum Gasteiger partial charge on any atom is -0.339 e. The summed E-state index contributed by atoms with van der Waals surface area (Å²) in [6.45, 7) is 4.64. The van der Waals surface area contributed by atoms with E-state index in [1.165, 1.54) is 32.1 Å². The molecule has 2 aliphatic rings. The van der Waals surface area contributed by atoms with Crippen molar-refractivity contribution in [1.82, 2.24) is 9.80 Å². The van der Waals surface area contributed by atoms with Gasteiger partial charge in [-0.25, -0.2) is 0 Å². The summed E-state index contributed by atoms with van der Waals surface area (Å²) in [6, 6.07) is 7.72. The van der Waals surface area contributed by atoms with Crippen LogP contribution in [0, 0.1) is 12.8 Å². The Labute approximate surface area is 151 Å². The summed E-state index contributed by atoms with van der Waals surface area (Å²) in [7, 11) is 0. The van der Waals surface area contributed by atoms with Gasteiger partial charge in [0.05, 0.1) is 0 Å². The molecule has 3 rings (SSSR count). The van der Waals surface area contributed by atoms with E-state index in [1.54, 1.807) is 0 Å². The highest BCUT2D eigenvalue weighted by Crippen LogP contribution is 2.27. The van der Waals surface area contributed by atoms with E-state index in [0.29, 0.717) is 32.6 Å². The lowest BCUT2D eigenvalue weighted by Crippen LogP contribution is -2.50. The average Bonchev–Trinajstić information content (AvgIpc) is 2.67. The van der Waals surface area contributed by atoms with Crippen LogP contribution in [0.4, 0.5) is 0 Å². The number of aryl methyl sites for hydroxylation is 1. The second kappa shape index (κ2) is 8.50. The molecule has 0 radical (unpaired) electrons. The van der Waals surface area contributed by atoms with Crippen LogP contribution in [-0.4, -0.2) is 47.8 Å². The second-order valence-corrected chi connectivity index (χ2v) is 7.58. The van der Waals surface area contributed by atoms with Crippen molar-refractivity contribution >= 4 is 11.8 Å². The molecule has 4 heteroatoms. The molecule has 2 amide bonds. The molecule has 1 heterocycles. The first-order valence-electron chi connectivity index (χ1n) is 9.77. The molecule has 25 heavy (non-hydrogen) atoms. The van der Waals surface area contributed by atoms with Crippen LogP contribution < -0.4 is 0 Å². The van der Waals surface area contributed by atoms with Crippen molar-refractivity contribution in [3.05, 3.63) is 35.4 Å². The molecule has 4 nitrogen and oxygen atoms in total. The van der Waals surface area contributed by atoms with E-state index in [9.17, 15) is 9.59 Å². The summed E-state index contributed by atoms with van der Waals surface area (Å²) in [5.41, 5.74) is 1.90. The summed E-state index contributed by atoms with van der Waals surface area (Å²) in [6.07, 6.45) is 8.34. The summed E-state index contributed by atoms with van der Waals surface area (Å²) < 4.78 is 0. The lowest BCUT2D eigenvalue weighted by molar-refractivity contribution is -0.133. The molecule has 0 atom stereocenters. The molecule has 1 saturated carbocycles. The van der Waals surface area contributed by atoms with E-state index >= 15 is 0 Å². The fourth-order valence-electron chi connectivity index (χ4n) is 4.00. The SMILES string of the molecule is Cc1ccc(C(=O)N2CCN(C(=O)CCC3CCCCC3)CC2)cc1. The Bertz CT molecular complexity index is 582. The summed E-state index contributed by atoms with van der Waals surface area (Å²) in [5, 5.41) is 0. The van der Waals surface area contributed by atoms with Gasteiger partial charge in [-0.15, -0.1) is 0 Å². The van der Waals surface area contributed by atoms with Crippen LogP contribution in [0.2, 0.25) is 0 Å². The number of piperazine rings is 1. The second-order valence-electron chi connectivity index (χ2n) is 7.58. The molecule has 1 aliphatic heterocycles. The van der Waals surface area contributed by atoms with Gasteiger partial charge in [-0.05, 0) is 31.4 Å². The topological polar surface area (TPSA) is 40.6 Å². The van der Waals surface area contributed by atoms with Crippen LogP contribution in [0.15, 0.2) is 24.3 Å². The Kier molecular flexibility index (Phi) is 6.11. The van der Waals surface area contributed by atoms with Crippen LogP contribution in [0.1, 0.15) is 60.9 Å². The van der Waals surface area contributed by atoms with Gasteiger partial charge in [-0.1, -0.05) is 49.8 Å². The number of benzene rings is 1. The minimum atomic E-state index is 0.0781. The van der Waals surface area contributed by atoms with Crippen molar-refractivity contribution in [2.75, 3.05) is 26.2 Å². The largest absolute Gasteiger partial charge is 0.339 e. The minimum absolute atomic E-state index is 0.0781. The highest BCUT2D eigenvalue weighted by molar-refractivity contribution is 5.94. The molecule has 0 spiro atoms. The van der Waals surface area contributed by atoms with E-state index < -0.39 is 0 Å². The van der Waals surface area contributed by atoms with Gasteiger partial charge in [0, 0.05) is 38.2 Å². The Morgan fingerprint density at radius 2 is 1.52 bits per heavy atom. The predicted molar refractivity (Wildman–Crippen MR) is 99.5 cm³/mol.